The van der Waals surface area contributed by atoms with Crippen LogP contribution in [0.15, 0.2) is 30.3 Å². The van der Waals surface area contributed by atoms with E-state index in [0.29, 0.717) is 12.0 Å². The summed E-state index contributed by atoms with van der Waals surface area (Å²) >= 11 is 7.70. The zero-order chi connectivity index (χ0) is 12.7. The molecule has 0 amide bonds. The van der Waals surface area contributed by atoms with E-state index in [4.69, 9.17) is 11.6 Å². The zero-order valence-corrected chi connectivity index (χ0v) is 12.1. The molecule has 94 valence electrons. The summed E-state index contributed by atoms with van der Waals surface area (Å²) in [7, 11) is 0. The number of halogens is 1. The second-order valence-corrected chi connectivity index (χ2v) is 6.83. The standard InChI is InChI=1S/C15H16ClNS/c1-9(2)11-5-3-4-10-8-12(17-15(10)11)13-6-7-14(16)18-13/h3-7,9,12,17H,8H2,1-2H3. The van der Waals surface area contributed by atoms with Crippen molar-refractivity contribution >= 4 is 28.6 Å². The van der Waals surface area contributed by atoms with Gasteiger partial charge in [0.2, 0.25) is 0 Å². The molecule has 3 rings (SSSR count). The molecule has 18 heavy (non-hydrogen) atoms. The molecule has 3 heteroatoms. The molecule has 1 unspecified atom stereocenters. The molecule has 1 aliphatic heterocycles. The SMILES string of the molecule is CC(C)c1cccc2c1NC(c1ccc(Cl)s1)C2. The number of fused-ring (bicyclic) bond motifs is 1. The predicted molar refractivity (Wildman–Crippen MR) is 79.9 cm³/mol. The molecule has 0 aliphatic carbocycles. The van der Waals surface area contributed by atoms with Crippen molar-refractivity contribution in [1.29, 1.82) is 0 Å². The first-order chi connectivity index (χ1) is 8.65. The van der Waals surface area contributed by atoms with Gasteiger partial charge < -0.3 is 5.32 Å². The maximum Gasteiger partial charge on any atom is 0.0932 e. The average molecular weight is 278 g/mol. The van der Waals surface area contributed by atoms with Gasteiger partial charge in [-0.2, -0.15) is 0 Å². The first kappa shape index (κ1) is 12.1. The van der Waals surface area contributed by atoms with E-state index in [1.807, 2.05) is 6.07 Å². The Morgan fingerprint density at radius 1 is 1.28 bits per heavy atom. The van der Waals surface area contributed by atoms with E-state index >= 15 is 0 Å². The van der Waals surface area contributed by atoms with Crippen LogP contribution >= 0.6 is 22.9 Å². The van der Waals surface area contributed by atoms with Crippen molar-refractivity contribution < 1.29 is 0 Å². The molecule has 0 saturated heterocycles. The van der Waals surface area contributed by atoms with Crippen LogP contribution in [0.4, 0.5) is 5.69 Å². The molecule has 1 nitrogen and oxygen atoms in total. The smallest absolute Gasteiger partial charge is 0.0932 e. The molecular formula is C15H16ClNS. The third kappa shape index (κ3) is 2.04. The van der Waals surface area contributed by atoms with Crippen LogP contribution in [0, 0.1) is 0 Å². The highest BCUT2D eigenvalue weighted by Gasteiger charge is 2.25. The van der Waals surface area contributed by atoms with E-state index < -0.39 is 0 Å². The van der Waals surface area contributed by atoms with Gasteiger partial charge >= 0.3 is 0 Å². The number of anilines is 1. The van der Waals surface area contributed by atoms with Gasteiger partial charge in [-0.1, -0.05) is 43.6 Å². The van der Waals surface area contributed by atoms with Crippen LogP contribution in [0.3, 0.4) is 0 Å². The van der Waals surface area contributed by atoms with E-state index in [2.05, 4.69) is 43.4 Å². The van der Waals surface area contributed by atoms with Crippen molar-refractivity contribution in [2.45, 2.75) is 32.2 Å². The summed E-state index contributed by atoms with van der Waals surface area (Å²) < 4.78 is 0.867. The molecule has 0 spiro atoms. The van der Waals surface area contributed by atoms with Crippen LogP contribution in [0.5, 0.6) is 0 Å². The fourth-order valence-electron chi connectivity index (χ4n) is 2.58. The van der Waals surface area contributed by atoms with Gasteiger partial charge in [-0.15, -0.1) is 11.3 Å². The van der Waals surface area contributed by atoms with Gasteiger partial charge in [0.15, 0.2) is 0 Å². The molecule has 0 saturated carbocycles. The minimum absolute atomic E-state index is 0.386. The van der Waals surface area contributed by atoms with E-state index in [-0.39, 0.29) is 0 Å². The van der Waals surface area contributed by atoms with Crippen molar-refractivity contribution in [2.24, 2.45) is 0 Å². The fourth-order valence-corrected chi connectivity index (χ4v) is 3.69. The molecule has 1 atom stereocenters. The van der Waals surface area contributed by atoms with Crippen molar-refractivity contribution in [3.05, 3.63) is 50.7 Å². The minimum Gasteiger partial charge on any atom is -0.377 e. The van der Waals surface area contributed by atoms with Crippen LogP contribution in [0.2, 0.25) is 4.34 Å². The fraction of sp³-hybridized carbons (Fsp3) is 0.333. The van der Waals surface area contributed by atoms with Gasteiger partial charge in [0.1, 0.15) is 0 Å². The lowest BCUT2D eigenvalue weighted by Crippen LogP contribution is -2.04. The lowest BCUT2D eigenvalue weighted by atomic mass is 9.98. The van der Waals surface area contributed by atoms with Crippen LogP contribution in [0.25, 0.3) is 0 Å². The average Bonchev–Trinajstić information content (AvgIpc) is 2.93. The summed E-state index contributed by atoms with van der Waals surface area (Å²) in [6, 6.07) is 11.1. The van der Waals surface area contributed by atoms with E-state index in [9.17, 15) is 0 Å². The number of hydrogen-bond donors (Lipinski definition) is 1. The first-order valence-electron chi connectivity index (χ1n) is 6.28. The maximum absolute atomic E-state index is 6.02. The van der Waals surface area contributed by atoms with Crippen LogP contribution in [-0.4, -0.2) is 0 Å². The summed E-state index contributed by atoms with van der Waals surface area (Å²) in [4.78, 5) is 1.32. The Morgan fingerprint density at radius 3 is 2.78 bits per heavy atom. The third-order valence-electron chi connectivity index (χ3n) is 3.49. The summed E-state index contributed by atoms with van der Waals surface area (Å²) in [6.45, 7) is 4.49. The van der Waals surface area contributed by atoms with E-state index in [1.165, 1.54) is 21.7 Å². The second kappa shape index (κ2) is 4.60. The number of thiophene rings is 1. The van der Waals surface area contributed by atoms with Crippen LogP contribution in [0.1, 0.15) is 41.8 Å². The number of hydrogen-bond acceptors (Lipinski definition) is 2. The summed E-state index contributed by atoms with van der Waals surface area (Å²) in [5, 5.41) is 3.67. The Balaban J connectivity index is 1.93. The Bertz CT molecular complexity index is 574. The second-order valence-electron chi connectivity index (χ2n) is 5.08. The van der Waals surface area contributed by atoms with E-state index in [1.54, 1.807) is 11.3 Å². The molecule has 0 radical (unpaired) electrons. The van der Waals surface area contributed by atoms with Crippen LogP contribution < -0.4 is 5.32 Å². The number of benzene rings is 1. The molecule has 0 fully saturated rings. The largest absolute Gasteiger partial charge is 0.377 e. The normalized spacial score (nSPS) is 17.9. The van der Waals surface area contributed by atoms with Gasteiger partial charge in [-0.3, -0.25) is 0 Å². The highest BCUT2D eigenvalue weighted by Crippen LogP contribution is 2.41. The summed E-state index contributed by atoms with van der Waals surface area (Å²) in [5.74, 6) is 0.554. The zero-order valence-electron chi connectivity index (χ0n) is 10.5. The molecule has 0 bridgehead atoms. The molecular weight excluding hydrogens is 262 g/mol. The summed E-state index contributed by atoms with van der Waals surface area (Å²) in [5.41, 5.74) is 4.18. The Labute approximate surface area is 117 Å². The molecule has 1 N–H and O–H groups in total. The Kier molecular flexibility index (Phi) is 3.08. The predicted octanol–water partition coefficient (Wildman–Crippen LogP) is 5.23. The topological polar surface area (TPSA) is 12.0 Å². The highest BCUT2D eigenvalue weighted by molar-refractivity contribution is 7.16. The van der Waals surface area contributed by atoms with Crippen molar-refractivity contribution in [3.63, 3.8) is 0 Å². The maximum atomic E-state index is 6.02. The molecule has 2 aromatic rings. The molecule has 2 heterocycles. The lowest BCUT2D eigenvalue weighted by molar-refractivity contribution is 0.839. The third-order valence-corrected chi connectivity index (χ3v) is 4.83. The van der Waals surface area contributed by atoms with Gasteiger partial charge in [-0.25, -0.2) is 0 Å². The first-order valence-corrected chi connectivity index (χ1v) is 7.48. The van der Waals surface area contributed by atoms with E-state index in [0.717, 1.165) is 10.8 Å². The van der Waals surface area contributed by atoms with Crippen molar-refractivity contribution in [3.8, 4) is 0 Å². The van der Waals surface area contributed by atoms with Gasteiger partial charge in [-0.05, 0) is 35.6 Å². The number of rotatable bonds is 2. The quantitative estimate of drug-likeness (QED) is 0.792. The number of para-hydroxylation sites is 1. The van der Waals surface area contributed by atoms with Gasteiger partial charge in [0.25, 0.3) is 0 Å². The monoisotopic (exact) mass is 277 g/mol. The van der Waals surface area contributed by atoms with Crippen molar-refractivity contribution in [2.75, 3.05) is 5.32 Å². The minimum atomic E-state index is 0.386. The molecule has 1 aliphatic rings. The molecule has 1 aromatic heterocycles. The van der Waals surface area contributed by atoms with Crippen LogP contribution in [-0.2, 0) is 6.42 Å². The Morgan fingerprint density at radius 2 is 2.11 bits per heavy atom. The van der Waals surface area contributed by atoms with Gasteiger partial charge in [0, 0.05) is 10.6 Å². The molecule has 1 aromatic carbocycles. The summed E-state index contributed by atoms with van der Waals surface area (Å²) in [6.07, 6.45) is 1.06. The number of nitrogens with one attached hydrogen (secondary N) is 1. The Hall–Kier alpha value is -0.990. The highest BCUT2D eigenvalue weighted by atomic mass is 35.5. The van der Waals surface area contributed by atoms with Gasteiger partial charge in [0.05, 0.1) is 10.4 Å². The lowest BCUT2D eigenvalue weighted by Gasteiger charge is -2.13. The van der Waals surface area contributed by atoms with Crippen molar-refractivity contribution in [1.82, 2.24) is 0 Å².